The first-order valence-electron chi connectivity index (χ1n) is 8.68. The number of amides is 1. The fourth-order valence-corrected chi connectivity index (χ4v) is 5.94. The lowest BCUT2D eigenvalue weighted by Crippen LogP contribution is -2.48. The van der Waals surface area contributed by atoms with E-state index in [4.69, 9.17) is 0 Å². The minimum Gasteiger partial charge on any atom is -0.352 e. The lowest BCUT2D eigenvalue weighted by Gasteiger charge is -2.27. The van der Waals surface area contributed by atoms with Gasteiger partial charge in [-0.15, -0.1) is 23.7 Å². The standard InChI is InChI=1S/C18H21N3O3S2.ClH/c22-18(20-10-13-8-19-9-13)16-7-17(25-12-16)26(23,24)21-6-5-14-3-1-2-4-15(14)11-21;/h1-4,7,12-13,19H,5-6,8-11H2,(H,20,22);1H. The van der Waals surface area contributed by atoms with Gasteiger partial charge in [0.15, 0.2) is 0 Å². The average molecular weight is 428 g/mol. The van der Waals surface area contributed by atoms with Crippen LogP contribution in [0.5, 0.6) is 0 Å². The number of thiophene rings is 1. The fourth-order valence-electron chi connectivity index (χ4n) is 3.21. The fraction of sp³-hybridized carbons (Fsp3) is 0.389. The third kappa shape index (κ3) is 4.20. The number of hydrogen-bond acceptors (Lipinski definition) is 5. The van der Waals surface area contributed by atoms with Crippen LogP contribution < -0.4 is 10.6 Å². The lowest BCUT2D eigenvalue weighted by atomic mass is 10.0. The van der Waals surface area contributed by atoms with Gasteiger partial charge in [0, 0.05) is 44.0 Å². The number of carbonyl (C=O) groups excluding carboxylic acids is 1. The van der Waals surface area contributed by atoms with Crippen molar-refractivity contribution in [2.45, 2.75) is 17.2 Å². The Hall–Kier alpha value is -1.45. The SMILES string of the molecule is Cl.O=C(NCC1CNC1)c1csc(S(=O)(=O)N2CCc3ccccc3C2)c1. The summed E-state index contributed by atoms with van der Waals surface area (Å²) in [5.41, 5.74) is 2.67. The molecule has 0 bridgehead atoms. The first-order chi connectivity index (χ1) is 12.5. The van der Waals surface area contributed by atoms with Gasteiger partial charge in [-0.3, -0.25) is 4.79 Å². The summed E-state index contributed by atoms with van der Waals surface area (Å²) in [6.07, 6.45) is 0.712. The number of hydrogen-bond donors (Lipinski definition) is 2. The summed E-state index contributed by atoms with van der Waals surface area (Å²) in [5, 5.41) is 7.66. The molecule has 6 nitrogen and oxygen atoms in total. The van der Waals surface area contributed by atoms with Gasteiger partial charge in [-0.1, -0.05) is 24.3 Å². The normalized spacial score (nSPS) is 17.5. The van der Waals surface area contributed by atoms with Crippen molar-refractivity contribution in [3.05, 3.63) is 52.4 Å². The maximum absolute atomic E-state index is 13.0. The molecule has 4 rings (SSSR count). The van der Waals surface area contributed by atoms with Crippen molar-refractivity contribution in [1.29, 1.82) is 0 Å². The molecule has 9 heteroatoms. The van der Waals surface area contributed by atoms with Gasteiger partial charge < -0.3 is 10.6 Å². The van der Waals surface area contributed by atoms with E-state index in [-0.39, 0.29) is 22.5 Å². The molecule has 0 spiro atoms. The number of halogens is 1. The molecule has 2 N–H and O–H groups in total. The highest BCUT2D eigenvalue weighted by Gasteiger charge is 2.30. The minimum atomic E-state index is -3.58. The van der Waals surface area contributed by atoms with Gasteiger partial charge in [-0.25, -0.2) is 8.42 Å². The van der Waals surface area contributed by atoms with Gasteiger partial charge in [0.25, 0.3) is 15.9 Å². The second-order valence-electron chi connectivity index (χ2n) is 6.75. The van der Waals surface area contributed by atoms with Crippen molar-refractivity contribution in [3.8, 4) is 0 Å². The van der Waals surface area contributed by atoms with Crippen LogP contribution in [0.15, 0.2) is 39.9 Å². The van der Waals surface area contributed by atoms with E-state index in [2.05, 4.69) is 10.6 Å². The molecular weight excluding hydrogens is 406 g/mol. The quantitative estimate of drug-likeness (QED) is 0.763. The first kappa shape index (κ1) is 20.3. The molecule has 1 fully saturated rings. The zero-order chi connectivity index (χ0) is 18.1. The van der Waals surface area contributed by atoms with Crippen LogP contribution in [0.1, 0.15) is 21.5 Å². The number of nitrogens with one attached hydrogen (secondary N) is 2. The van der Waals surface area contributed by atoms with E-state index in [9.17, 15) is 13.2 Å². The van der Waals surface area contributed by atoms with Crippen molar-refractivity contribution in [2.75, 3.05) is 26.2 Å². The van der Waals surface area contributed by atoms with Gasteiger partial charge in [0.2, 0.25) is 0 Å². The largest absolute Gasteiger partial charge is 0.352 e. The maximum Gasteiger partial charge on any atom is 0.252 e. The second kappa shape index (κ2) is 8.28. The molecule has 0 unspecified atom stereocenters. The monoisotopic (exact) mass is 427 g/mol. The van der Waals surface area contributed by atoms with Crippen LogP contribution >= 0.6 is 23.7 Å². The van der Waals surface area contributed by atoms with Gasteiger partial charge in [0.1, 0.15) is 4.21 Å². The van der Waals surface area contributed by atoms with Crippen LogP contribution in [0, 0.1) is 5.92 Å². The molecule has 0 atom stereocenters. The number of carbonyl (C=O) groups is 1. The summed E-state index contributed by atoms with van der Waals surface area (Å²) >= 11 is 1.11. The maximum atomic E-state index is 13.0. The Labute approximate surface area is 169 Å². The van der Waals surface area contributed by atoms with E-state index in [1.807, 2.05) is 24.3 Å². The Bertz CT molecular complexity index is 925. The predicted molar refractivity (Wildman–Crippen MR) is 108 cm³/mol. The summed E-state index contributed by atoms with van der Waals surface area (Å²) in [4.78, 5) is 12.2. The van der Waals surface area contributed by atoms with Crippen LogP contribution in [0.25, 0.3) is 0 Å². The molecule has 2 aliphatic heterocycles. The Morgan fingerprint density at radius 1 is 1.26 bits per heavy atom. The Morgan fingerprint density at radius 2 is 2.00 bits per heavy atom. The van der Waals surface area contributed by atoms with Crippen molar-refractivity contribution in [2.24, 2.45) is 5.92 Å². The molecule has 2 aromatic rings. The highest BCUT2D eigenvalue weighted by atomic mass is 35.5. The Morgan fingerprint density at radius 3 is 2.70 bits per heavy atom. The summed E-state index contributed by atoms with van der Waals surface area (Å²) in [7, 11) is -3.58. The third-order valence-electron chi connectivity index (χ3n) is 4.94. The minimum absolute atomic E-state index is 0. The molecule has 1 aromatic heterocycles. The summed E-state index contributed by atoms with van der Waals surface area (Å²) in [5.74, 6) is 0.257. The van der Waals surface area contributed by atoms with Crippen molar-refractivity contribution >= 4 is 39.7 Å². The molecule has 27 heavy (non-hydrogen) atoms. The van der Waals surface area contributed by atoms with E-state index in [1.165, 1.54) is 15.9 Å². The number of benzene rings is 1. The number of fused-ring (bicyclic) bond motifs is 1. The topological polar surface area (TPSA) is 78.5 Å². The van der Waals surface area contributed by atoms with Crippen LogP contribution in [-0.2, 0) is 23.0 Å². The lowest BCUT2D eigenvalue weighted by molar-refractivity contribution is 0.0942. The molecule has 0 radical (unpaired) electrons. The van der Waals surface area contributed by atoms with Gasteiger partial charge in [-0.05, 0) is 23.6 Å². The van der Waals surface area contributed by atoms with E-state index in [0.717, 1.165) is 30.0 Å². The summed E-state index contributed by atoms with van der Waals surface area (Å²) < 4.78 is 27.6. The van der Waals surface area contributed by atoms with Gasteiger partial charge in [0.05, 0.1) is 5.56 Å². The zero-order valence-electron chi connectivity index (χ0n) is 14.7. The number of nitrogens with zero attached hydrogens (tertiary/aromatic N) is 1. The zero-order valence-corrected chi connectivity index (χ0v) is 17.1. The Kier molecular flexibility index (Phi) is 6.22. The van der Waals surface area contributed by atoms with E-state index >= 15 is 0 Å². The number of sulfonamides is 1. The molecule has 0 saturated carbocycles. The molecular formula is C18H22ClN3O3S2. The van der Waals surface area contributed by atoms with Crippen LogP contribution in [0.4, 0.5) is 0 Å². The molecule has 1 aromatic carbocycles. The van der Waals surface area contributed by atoms with Gasteiger partial charge in [-0.2, -0.15) is 4.31 Å². The van der Waals surface area contributed by atoms with Crippen LogP contribution in [-0.4, -0.2) is 44.8 Å². The van der Waals surface area contributed by atoms with Crippen LogP contribution in [0.3, 0.4) is 0 Å². The van der Waals surface area contributed by atoms with Gasteiger partial charge >= 0.3 is 0 Å². The summed E-state index contributed by atoms with van der Waals surface area (Å²) in [6, 6.07) is 9.42. The molecule has 1 amide bonds. The van der Waals surface area contributed by atoms with Crippen molar-refractivity contribution in [1.82, 2.24) is 14.9 Å². The van der Waals surface area contributed by atoms with E-state index < -0.39 is 10.0 Å². The Balaban J connectivity index is 0.00000210. The molecule has 0 aliphatic carbocycles. The predicted octanol–water partition coefficient (Wildman–Crippen LogP) is 1.87. The highest BCUT2D eigenvalue weighted by molar-refractivity contribution is 7.91. The smallest absolute Gasteiger partial charge is 0.252 e. The molecule has 3 heterocycles. The second-order valence-corrected chi connectivity index (χ2v) is 9.82. The molecule has 2 aliphatic rings. The summed E-state index contributed by atoms with van der Waals surface area (Å²) in [6.45, 7) is 3.30. The third-order valence-corrected chi connectivity index (χ3v) is 8.21. The molecule has 146 valence electrons. The van der Waals surface area contributed by atoms with E-state index in [0.29, 0.717) is 37.5 Å². The first-order valence-corrected chi connectivity index (χ1v) is 11.0. The highest BCUT2D eigenvalue weighted by Crippen LogP contribution is 2.28. The average Bonchev–Trinajstić information content (AvgIpc) is 3.11. The van der Waals surface area contributed by atoms with E-state index in [1.54, 1.807) is 5.38 Å². The van der Waals surface area contributed by atoms with Crippen LogP contribution in [0.2, 0.25) is 0 Å². The van der Waals surface area contributed by atoms with Crippen molar-refractivity contribution < 1.29 is 13.2 Å². The molecule has 1 saturated heterocycles. The van der Waals surface area contributed by atoms with Crippen molar-refractivity contribution in [3.63, 3.8) is 0 Å². The number of rotatable bonds is 5.